The number of halogens is 1. The van der Waals surface area contributed by atoms with E-state index in [0.717, 1.165) is 64.9 Å². The van der Waals surface area contributed by atoms with Gasteiger partial charge in [0.2, 0.25) is 0 Å². The summed E-state index contributed by atoms with van der Waals surface area (Å²) < 4.78 is 0. The van der Waals surface area contributed by atoms with Crippen molar-refractivity contribution in [1.82, 2.24) is 0 Å². The van der Waals surface area contributed by atoms with Gasteiger partial charge >= 0.3 is 0 Å². The SMILES string of the molecule is CCc1cc(-c2ccc(Cl)cc2)cc(CC)c1C1=C(O)[C@@H]2CC[C@@H](C2)C1=O. The summed E-state index contributed by atoms with van der Waals surface area (Å²) >= 11 is 6.04. The minimum absolute atomic E-state index is 0.0891. The topological polar surface area (TPSA) is 37.3 Å². The molecule has 27 heavy (non-hydrogen) atoms. The van der Waals surface area contributed by atoms with Crippen LogP contribution in [0.3, 0.4) is 0 Å². The lowest BCUT2D eigenvalue weighted by Gasteiger charge is -2.25. The highest BCUT2D eigenvalue weighted by molar-refractivity contribution is 6.30. The highest BCUT2D eigenvalue weighted by Crippen LogP contribution is 2.47. The number of carbonyl (C=O) groups excluding carboxylic acids is 1. The third-order valence-electron chi connectivity index (χ3n) is 6.18. The van der Waals surface area contributed by atoms with Crippen LogP contribution in [0.4, 0.5) is 0 Å². The number of allylic oxidation sites excluding steroid dienone is 2. The molecule has 2 aromatic rings. The molecule has 2 nitrogen and oxygen atoms in total. The maximum Gasteiger partial charge on any atom is 0.169 e. The normalized spacial score (nSPS) is 21.8. The number of fused-ring (bicyclic) bond motifs is 2. The summed E-state index contributed by atoms with van der Waals surface area (Å²) in [6, 6.07) is 12.2. The third-order valence-corrected chi connectivity index (χ3v) is 6.44. The van der Waals surface area contributed by atoms with E-state index in [9.17, 15) is 9.90 Å². The molecular weight excluding hydrogens is 356 g/mol. The Balaban J connectivity index is 1.90. The van der Waals surface area contributed by atoms with Gasteiger partial charge in [0.1, 0.15) is 5.76 Å². The van der Waals surface area contributed by atoms with E-state index >= 15 is 0 Å². The van der Waals surface area contributed by atoms with Crippen LogP contribution in [-0.4, -0.2) is 10.9 Å². The van der Waals surface area contributed by atoms with Crippen molar-refractivity contribution < 1.29 is 9.90 Å². The van der Waals surface area contributed by atoms with Crippen molar-refractivity contribution in [2.75, 3.05) is 0 Å². The zero-order valence-corrected chi connectivity index (χ0v) is 16.6. The monoisotopic (exact) mass is 380 g/mol. The Kier molecular flexibility index (Phi) is 4.86. The molecular formula is C24H25ClO2. The van der Waals surface area contributed by atoms with Crippen molar-refractivity contribution >= 4 is 23.0 Å². The maximum atomic E-state index is 13.1. The fourth-order valence-corrected chi connectivity index (χ4v) is 4.84. The molecule has 0 aromatic heterocycles. The van der Waals surface area contributed by atoms with Gasteiger partial charge in [0.25, 0.3) is 0 Å². The number of aliphatic hydroxyl groups excluding tert-OH is 1. The van der Waals surface area contributed by atoms with Crippen LogP contribution in [0.25, 0.3) is 16.7 Å². The van der Waals surface area contributed by atoms with E-state index in [1.165, 1.54) is 0 Å². The number of ketones is 1. The second-order valence-corrected chi connectivity index (χ2v) is 8.15. The molecule has 0 saturated heterocycles. The average molecular weight is 381 g/mol. The molecule has 0 spiro atoms. The van der Waals surface area contributed by atoms with Gasteiger partial charge in [0, 0.05) is 16.9 Å². The summed E-state index contributed by atoms with van der Waals surface area (Å²) in [5.74, 6) is 0.724. The molecule has 0 amide bonds. The smallest absolute Gasteiger partial charge is 0.169 e. The van der Waals surface area contributed by atoms with E-state index in [1.807, 2.05) is 24.3 Å². The van der Waals surface area contributed by atoms with Crippen LogP contribution in [0.2, 0.25) is 5.02 Å². The molecule has 2 aromatic carbocycles. The van der Waals surface area contributed by atoms with E-state index in [2.05, 4.69) is 26.0 Å². The fourth-order valence-electron chi connectivity index (χ4n) is 4.71. The maximum absolute atomic E-state index is 13.1. The van der Waals surface area contributed by atoms with Crippen molar-refractivity contribution in [2.45, 2.75) is 46.0 Å². The van der Waals surface area contributed by atoms with Crippen molar-refractivity contribution in [3.05, 3.63) is 63.9 Å². The van der Waals surface area contributed by atoms with Crippen LogP contribution >= 0.6 is 11.6 Å². The first-order valence-electron chi connectivity index (χ1n) is 9.92. The first-order chi connectivity index (χ1) is 13.0. The lowest BCUT2D eigenvalue weighted by molar-refractivity contribution is -0.117. The molecule has 0 unspecified atom stereocenters. The molecule has 4 rings (SSSR count). The van der Waals surface area contributed by atoms with Gasteiger partial charge in [-0.05, 0) is 72.1 Å². The Labute approximate surface area is 165 Å². The quantitative estimate of drug-likeness (QED) is 0.666. The molecule has 1 fully saturated rings. The fraction of sp³-hybridized carbons (Fsp3) is 0.375. The Hall–Kier alpha value is -2.06. The van der Waals surface area contributed by atoms with E-state index in [4.69, 9.17) is 11.6 Å². The second kappa shape index (κ2) is 7.16. The van der Waals surface area contributed by atoms with Gasteiger partial charge in [-0.1, -0.05) is 49.7 Å². The van der Waals surface area contributed by atoms with Gasteiger partial charge < -0.3 is 5.11 Å². The minimum atomic E-state index is 0.0891. The minimum Gasteiger partial charge on any atom is -0.511 e. The Morgan fingerprint density at radius 3 is 2.15 bits per heavy atom. The zero-order valence-electron chi connectivity index (χ0n) is 15.9. The lowest BCUT2D eigenvalue weighted by atomic mass is 9.79. The van der Waals surface area contributed by atoms with Gasteiger partial charge in [-0.3, -0.25) is 4.79 Å². The first kappa shape index (κ1) is 18.3. The summed E-state index contributed by atoms with van der Waals surface area (Å²) in [7, 11) is 0. The van der Waals surface area contributed by atoms with E-state index in [0.29, 0.717) is 11.3 Å². The Bertz CT molecular complexity index is 899. The van der Waals surface area contributed by atoms with E-state index in [-0.39, 0.29) is 17.6 Å². The first-order valence-corrected chi connectivity index (χ1v) is 10.3. The molecule has 1 N–H and O–H groups in total. The van der Waals surface area contributed by atoms with Crippen LogP contribution in [0.1, 0.15) is 49.8 Å². The molecule has 2 atom stereocenters. The summed E-state index contributed by atoms with van der Waals surface area (Å²) in [4.78, 5) is 13.1. The van der Waals surface area contributed by atoms with Crippen LogP contribution < -0.4 is 0 Å². The molecule has 3 heteroatoms. The molecule has 0 radical (unpaired) electrons. The molecule has 0 heterocycles. The molecule has 1 saturated carbocycles. The highest BCUT2D eigenvalue weighted by atomic mass is 35.5. The molecule has 0 aliphatic heterocycles. The average Bonchev–Trinajstić information content (AvgIpc) is 3.14. The van der Waals surface area contributed by atoms with Crippen LogP contribution in [0.15, 0.2) is 42.2 Å². The highest BCUT2D eigenvalue weighted by Gasteiger charge is 2.42. The predicted molar refractivity (Wildman–Crippen MR) is 111 cm³/mol. The molecule has 2 aliphatic rings. The molecule has 2 bridgehead atoms. The van der Waals surface area contributed by atoms with Gasteiger partial charge in [-0.25, -0.2) is 0 Å². The summed E-state index contributed by atoms with van der Waals surface area (Å²) in [5, 5.41) is 11.6. The van der Waals surface area contributed by atoms with Gasteiger partial charge in [-0.15, -0.1) is 0 Å². The number of rotatable bonds is 4. The van der Waals surface area contributed by atoms with E-state index in [1.54, 1.807) is 0 Å². The number of aliphatic hydroxyl groups is 1. The second-order valence-electron chi connectivity index (χ2n) is 7.71. The van der Waals surface area contributed by atoms with Crippen LogP contribution in [0, 0.1) is 11.8 Å². The third kappa shape index (κ3) is 3.10. The van der Waals surface area contributed by atoms with Gasteiger partial charge in [-0.2, -0.15) is 0 Å². The summed E-state index contributed by atoms with van der Waals surface area (Å²) in [6.45, 7) is 4.23. The number of hydrogen-bond acceptors (Lipinski definition) is 2. The van der Waals surface area contributed by atoms with Crippen molar-refractivity contribution in [3.63, 3.8) is 0 Å². The van der Waals surface area contributed by atoms with E-state index < -0.39 is 0 Å². The predicted octanol–water partition coefficient (Wildman–Crippen LogP) is 6.40. The largest absolute Gasteiger partial charge is 0.511 e. The molecule has 140 valence electrons. The van der Waals surface area contributed by atoms with Crippen molar-refractivity contribution in [2.24, 2.45) is 11.8 Å². The standard InChI is InChI=1S/C24H25ClO2/c1-3-14-11-19(16-7-9-20(25)10-8-16)12-15(4-2)21(14)22-23(26)17-5-6-18(13-17)24(22)27/h7-12,17-18,26H,3-6,13H2,1-2H3/t17-,18+/m1/s1. The van der Waals surface area contributed by atoms with Gasteiger partial charge in [0.15, 0.2) is 5.78 Å². The number of aryl methyl sites for hydroxylation is 2. The number of carbonyl (C=O) groups is 1. The summed E-state index contributed by atoms with van der Waals surface area (Å²) in [5.41, 5.74) is 6.10. The number of hydrogen-bond donors (Lipinski definition) is 1. The Morgan fingerprint density at radius 1 is 0.963 bits per heavy atom. The lowest BCUT2D eigenvalue weighted by Crippen LogP contribution is -2.22. The van der Waals surface area contributed by atoms with Crippen LogP contribution in [0.5, 0.6) is 0 Å². The number of Topliss-reactive ketones (excluding diaryl/α,β-unsaturated/α-hetero) is 1. The summed E-state index contributed by atoms with van der Waals surface area (Å²) in [6.07, 6.45) is 4.30. The van der Waals surface area contributed by atoms with Crippen molar-refractivity contribution in [3.8, 4) is 11.1 Å². The van der Waals surface area contributed by atoms with Crippen molar-refractivity contribution in [1.29, 1.82) is 0 Å². The zero-order chi connectivity index (χ0) is 19.1. The Morgan fingerprint density at radius 2 is 1.56 bits per heavy atom. The molecule has 2 aliphatic carbocycles. The van der Waals surface area contributed by atoms with Crippen LogP contribution in [-0.2, 0) is 17.6 Å². The van der Waals surface area contributed by atoms with Gasteiger partial charge in [0.05, 0.1) is 5.57 Å². The number of benzene rings is 2.